The number of carbonyl (C=O) groups is 1. The van der Waals surface area contributed by atoms with Crippen LogP contribution in [0.2, 0.25) is 0 Å². The summed E-state index contributed by atoms with van der Waals surface area (Å²) >= 11 is 0. The maximum absolute atomic E-state index is 11.4. The van der Waals surface area contributed by atoms with Crippen LogP contribution in [0.3, 0.4) is 0 Å². The minimum Gasteiger partial charge on any atom is -0.326 e. The van der Waals surface area contributed by atoms with Crippen LogP contribution in [-0.2, 0) is 15.6 Å². The first kappa shape index (κ1) is 11.9. The van der Waals surface area contributed by atoms with Gasteiger partial charge in [0.25, 0.3) is 0 Å². The van der Waals surface area contributed by atoms with Gasteiger partial charge in [0.15, 0.2) is 0 Å². The highest BCUT2D eigenvalue weighted by Crippen LogP contribution is 2.09. The van der Waals surface area contributed by atoms with Crippen molar-refractivity contribution < 1.29 is 9.00 Å². The summed E-state index contributed by atoms with van der Waals surface area (Å²) in [5.41, 5.74) is 1.90. The van der Waals surface area contributed by atoms with Gasteiger partial charge in [0.2, 0.25) is 5.91 Å². The maximum Gasteiger partial charge on any atom is 0.225 e. The second kappa shape index (κ2) is 5.66. The zero-order chi connectivity index (χ0) is 11.3. The molecule has 0 saturated heterocycles. The normalized spacial score (nSPS) is 12.1. The van der Waals surface area contributed by atoms with E-state index >= 15 is 0 Å². The molecule has 0 fully saturated rings. The van der Waals surface area contributed by atoms with Crippen molar-refractivity contribution in [1.29, 1.82) is 0 Å². The Balaban J connectivity index is 2.48. The number of rotatable bonds is 4. The minimum absolute atomic E-state index is 0.0872. The Bertz CT molecular complexity index is 377. The molecule has 1 rings (SSSR count). The molecule has 1 unspecified atom stereocenters. The van der Waals surface area contributed by atoms with Gasteiger partial charge in [0.1, 0.15) is 0 Å². The molecule has 1 aromatic carbocycles. The van der Waals surface area contributed by atoms with E-state index in [4.69, 9.17) is 0 Å². The van der Waals surface area contributed by atoms with E-state index in [0.717, 1.165) is 11.3 Å². The maximum atomic E-state index is 11.4. The minimum atomic E-state index is -0.909. The van der Waals surface area contributed by atoms with E-state index in [0.29, 0.717) is 12.2 Å². The summed E-state index contributed by atoms with van der Waals surface area (Å²) < 4.78 is 10.8. The van der Waals surface area contributed by atoms with Crippen molar-refractivity contribution in [3.8, 4) is 0 Å². The van der Waals surface area contributed by atoms with Crippen LogP contribution in [0.1, 0.15) is 12.0 Å². The SMILES string of the molecule is Cc1cccc(NC(=O)CCS(C)=O)c1. The fourth-order valence-electron chi connectivity index (χ4n) is 1.18. The van der Waals surface area contributed by atoms with Gasteiger partial charge in [-0.05, 0) is 24.6 Å². The molecule has 0 aromatic heterocycles. The molecule has 1 N–H and O–H groups in total. The molecular weight excluding hydrogens is 210 g/mol. The summed E-state index contributed by atoms with van der Waals surface area (Å²) in [6, 6.07) is 7.61. The number of hydrogen-bond acceptors (Lipinski definition) is 2. The highest BCUT2D eigenvalue weighted by atomic mass is 32.2. The van der Waals surface area contributed by atoms with Gasteiger partial charge in [-0.3, -0.25) is 9.00 Å². The number of benzene rings is 1. The molecule has 0 saturated carbocycles. The third-order valence-corrected chi connectivity index (χ3v) is 2.70. The molecule has 3 nitrogen and oxygen atoms in total. The quantitative estimate of drug-likeness (QED) is 0.847. The van der Waals surface area contributed by atoms with Gasteiger partial charge in [-0.25, -0.2) is 0 Å². The first-order valence-corrected chi connectivity index (χ1v) is 6.47. The molecule has 4 heteroatoms. The summed E-state index contributed by atoms with van der Waals surface area (Å²) in [6.07, 6.45) is 1.90. The van der Waals surface area contributed by atoms with Crippen LogP contribution in [0.15, 0.2) is 24.3 Å². The van der Waals surface area contributed by atoms with E-state index in [1.54, 1.807) is 6.26 Å². The van der Waals surface area contributed by atoms with Crippen LogP contribution in [0, 0.1) is 6.92 Å². The standard InChI is InChI=1S/C11H15NO2S/c1-9-4-3-5-10(8-9)12-11(13)6-7-15(2)14/h3-5,8H,6-7H2,1-2H3,(H,12,13). The predicted octanol–water partition coefficient (Wildman–Crippen LogP) is 1.70. The molecule has 82 valence electrons. The molecule has 0 bridgehead atoms. The third kappa shape index (κ3) is 4.74. The zero-order valence-electron chi connectivity index (χ0n) is 8.95. The number of anilines is 1. The Hall–Kier alpha value is -1.16. The van der Waals surface area contributed by atoms with Crippen molar-refractivity contribution in [2.75, 3.05) is 17.3 Å². The first-order chi connectivity index (χ1) is 7.08. The average molecular weight is 225 g/mol. The fraction of sp³-hybridized carbons (Fsp3) is 0.364. The first-order valence-electron chi connectivity index (χ1n) is 4.74. The van der Waals surface area contributed by atoms with Crippen molar-refractivity contribution in [3.05, 3.63) is 29.8 Å². The molecule has 0 aliphatic rings. The molecule has 0 spiro atoms. The number of carbonyl (C=O) groups excluding carboxylic acids is 1. The lowest BCUT2D eigenvalue weighted by Gasteiger charge is -2.04. The predicted molar refractivity (Wildman–Crippen MR) is 63.4 cm³/mol. The molecule has 15 heavy (non-hydrogen) atoms. The van der Waals surface area contributed by atoms with Crippen LogP contribution >= 0.6 is 0 Å². The molecule has 1 aromatic rings. The Kier molecular flexibility index (Phi) is 4.49. The van der Waals surface area contributed by atoms with Crippen molar-refractivity contribution in [3.63, 3.8) is 0 Å². The fourth-order valence-corrected chi connectivity index (χ4v) is 1.66. The van der Waals surface area contributed by atoms with Crippen molar-refractivity contribution >= 4 is 22.4 Å². The summed E-state index contributed by atoms with van der Waals surface area (Å²) in [5.74, 6) is 0.327. The van der Waals surface area contributed by atoms with Crippen LogP contribution in [0.4, 0.5) is 5.69 Å². The van der Waals surface area contributed by atoms with Crippen molar-refractivity contribution in [1.82, 2.24) is 0 Å². The smallest absolute Gasteiger partial charge is 0.225 e. The summed E-state index contributed by atoms with van der Waals surface area (Å²) in [5, 5.41) is 2.76. The number of nitrogens with one attached hydrogen (secondary N) is 1. The largest absolute Gasteiger partial charge is 0.326 e. The van der Waals surface area contributed by atoms with Crippen LogP contribution < -0.4 is 5.32 Å². The molecular formula is C11H15NO2S. The van der Waals surface area contributed by atoms with Crippen LogP contribution in [0.5, 0.6) is 0 Å². The third-order valence-electron chi connectivity index (χ3n) is 1.92. The summed E-state index contributed by atoms with van der Waals surface area (Å²) in [6.45, 7) is 1.97. The van der Waals surface area contributed by atoms with Gasteiger partial charge >= 0.3 is 0 Å². The molecule has 1 atom stereocenters. The highest BCUT2D eigenvalue weighted by Gasteiger charge is 2.03. The zero-order valence-corrected chi connectivity index (χ0v) is 9.76. The Morgan fingerprint density at radius 3 is 2.80 bits per heavy atom. The van der Waals surface area contributed by atoms with E-state index in [9.17, 15) is 9.00 Å². The molecule has 0 heterocycles. The highest BCUT2D eigenvalue weighted by molar-refractivity contribution is 7.84. The van der Waals surface area contributed by atoms with E-state index in [-0.39, 0.29) is 5.91 Å². The van der Waals surface area contributed by atoms with E-state index < -0.39 is 10.8 Å². The van der Waals surface area contributed by atoms with E-state index in [1.165, 1.54) is 0 Å². The van der Waals surface area contributed by atoms with Crippen LogP contribution in [-0.4, -0.2) is 22.1 Å². The lowest BCUT2D eigenvalue weighted by molar-refractivity contribution is -0.115. The van der Waals surface area contributed by atoms with Gasteiger partial charge in [0.05, 0.1) is 0 Å². The number of amides is 1. The average Bonchev–Trinajstić information content (AvgIpc) is 2.15. The molecule has 0 radical (unpaired) electrons. The molecule has 1 amide bonds. The summed E-state index contributed by atoms with van der Waals surface area (Å²) in [7, 11) is -0.909. The van der Waals surface area contributed by atoms with Gasteiger partial charge in [-0.15, -0.1) is 0 Å². The van der Waals surface area contributed by atoms with Gasteiger partial charge in [-0.2, -0.15) is 0 Å². The van der Waals surface area contributed by atoms with Crippen LogP contribution in [0.25, 0.3) is 0 Å². The van der Waals surface area contributed by atoms with Gasteiger partial charge in [0, 0.05) is 34.9 Å². The topological polar surface area (TPSA) is 46.2 Å². The Morgan fingerprint density at radius 1 is 1.47 bits per heavy atom. The molecule has 0 aliphatic heterocycles. The van der Waals surface area contributed by atoms with Gasteiger partial charge < -0.3 is 5.32 Å². The van der Waals surface area contributed by atoms with Crippen molar-refractivity contribution in [2.24, 2.45) is 0 Å². The second-order valence-electron chi connectivity index (χ2n) is 3.44. The lowest BCUT2D eigenvalue weighted by atomic mass is 10.2. The summed E-state index contributed by atoms with van der Waals surface area (Å²) in [4.78, 5) is 11.4. The van der Waals surface area contributed by atoms with Gasteiger partial charge in [-0.1, -0.05) is 12.1 Å². The number of aryl methyl sites for hydroxylation is 1. The monoisotopic (exact) mass is 225 g/mol. The van der Waals surface area contributed by atoms with Crippen molar-refractivity contribution in [2.45, 2.75) is 13.3 Å². The number of hydrogen-bond donors (Lipinski definition) is 1. The Labute approximate surface area is 92.3 Å². The molecule has 0 aliphatic carbocycles. The Morgan fingerprint density at radius 2 is 2.20 bits per heavy atom. The van der Waals surface area contributed by atoms with E-state index in [1.807, 2.05) is 31.2 Å². The second-order valence-corrected chi connectivity index (χ2v) is 5.00. The lowest BCUT2D eigenvalue weighted by Crippen LogP contribution is -2.14. The van der Waals surface area contributed by atoms with E-state index in [2.05, 4.69) is 5.32 Å².